The van der Waals surface area contributed by atoms with Gasteiger partial charge in [0.2, 0.25) is 11.8 Å². The molecule has 0 aromatic rings. The maximum absolute atomic E-state index is 12.0. The highest BCUT2D eigenvalue weighted by Gasteiger charge is 2.30. The molecule has 3 atom stereocenters. The minimum Gasteiger partial charge on any atom is -0.480 e. The maximum atomic E-state index is 12.0. The van der Waals surface area contributed by atoms with Crippen LogP contribution in [0.3, 0.4) is 0 Å². The van der Waals surface area contributed by atoms with Crippen LogP contribution in [0.1, 0.15) is 33.1 Å². The van der Waals surface area contributed by atoms with E-state index >= 15 is 0 Å². The minimum absolute atomic E-state index is 0.0610. The number of nitrogens with one attached hydrogen (secondary N) is 3. The molecule has 0 aromatic heterocycles. The number of carboxylic acid groups (broad SMARTS) is 1. The van der Waals surface area contributed by atoms with E-state index in [9.17, 15) is 14.4 Å². The number of carboxylic acids is 1. The lowest BCUT2D eigenvalue weighted by atomic mass is 9.97. The zero-order chi connectivity index (χ0) is 15.1. The van der Waals surface area contributed by atoms with Crippen molar-refractivity contribution in [1.29, 1.82) is 0 Å². The van der Waals surface area contributed by atoms with Crippen molar-refractivity contribution in [3.63, 3.8) is 0 Å². The van der Waals surface area contributed by atoms with Crippen LogP contribution in [-0.2, 0) is 14.4 Å². The summed E-state index contributed by atoms with van der Waals surface area (Å²) in [6.45, 7) is 4.14. The van der Waals surface area contributed by atoms with Crippen LogP contribution in [0.5, 0.6) is 0 Å². The molecule has 1 saturated heterocycles. The molecule has 1 heterocycles. The maximum Gasteiger partial charge on any atom is 0.322 e. The van der Waals surface area contributed by atoms with Crippen LogP contribution in [0, 0.1) is 5.92 Å². The van der Waals surface area contributed by atoms with Crippen LogP contribution in [-0.4, -0.2) is 48.1 Å². The lowest BCUT2D eigenvalue weighted by molar-refractivity contribution is -0.138. The van der Waals surface area contributed by atoms with Gasteiger partial charge in [-0.05, 0) is 25.3 Å². The molecule has 7 heteroatoms. The first-order valence-electron chi connectivity index (χ1n) is 6.99. The zero-order valence-electron chi connectivity index (χ0n) is 11.9. The van der Waals surface area contributed by atoms with E-state index in [0.29, 0.717) is 6.42 Å². The molecule has 1 aliphatic heterocycles. The summed E-state index contributed by atoms with van der Waals surface area (Å²) in [5.74, 6) is -1.81. The predicted molar refractivity (Wildman–Crippen MR) is 73.1 cm³/mol. The summed E-state index contributed by atoms with van der Waals surface area (Å²) in [5.41, 5.74) is 0. The Morgan fingerprint density at radius 1 is 1.40 bits per heavy atom. The van der Waals surface area contributed by atoms with Gasteiger partial charge in [-0.25, -0.2) is 0 Å². The molecular formula is C13H23N3O4. The van der Waals surface area contributed by atoms with E-state index in [1.807, 2.05) is 13.8 Å². The van der Waals surface area contributed by atoms with Crippen molar-refractivity contribution in [1.82, 2.24) is 16.0 Å². The monoisotopic (exact) mass is 285 g/mol. The van der Waals surface area contributed by atoms with E-state index in [2.05, 4.69) is 16.0 Å². The predicted octanol–water partition coefficient (Wildman–Crippen LogP) is -0.530. The molecule has 3 unspecified atom stereocenters. The van der Waals surface area contributed by atoms with Gasteiger partial charge in [0.05, 0.1) is 6.04 Å². The Bertz CT molecular complexity index is 367. The Balaban J connectivity index is 2.60. The number of hydrogen-bond donors (Lipinski definition) is 4. The first kappa shape index (κ1) is 16.4. The van der Waals surface area contributed by atoms with Crippen molar-refractivity contribution in [2.75, 3.05) is 13.1 Å². The summed E-state index contributed by atoms with van der Waals surface area (Å²) in [6.07, 6.45) is 2.41. The second kappa shape index (κ2) is 7.84. The number of hydrogen-bond acceptors (Lipinski definition) is 4. The summed E-state index contributed by atoms with van der Waals surface area (Å²) in [5, 5.41) is 16.7. The molecule has 0 aromatic carbocycles. The first-order chi connectivity index (χ1) is 9.45. The third kappa shape index (κ3) is 4.80. The van der Waals surface area contributed by atoms with Gasteiger partial charge in [0.25, 0.3) is 0 Å². The smallest absolute Gasteiger partial charge is 0.322 e. The number of amides is 2. The van der Waals surface area contributed by atoms with Gasteiger partial charge in [-0.2, -0.15) is 0 Å². The molecular weight excluding hydrogens is 262 g/mol. The number of rotatable bonds is 7. The van der Waals surface area contributed by atoms with Crippen molar-refractivity contribution in [2.24, 2.45) is 5.92 Å². The number of aliphatic carboxylic acids is 1. The second-order valence-corrected chi connectivity index (χ2v) is 5.13. The highest BCUT2D eigenvalue weighted by molar-refractivity contribution is 5.91. The highest BCUT2D eigenvalue weighted by Crippen LogP contribution is 2.10. The number of carbonyl (C=O) groups excluding carboxylic acids is 2. The van der Waals surface area contributed by atoms with Gasteiger partial charge in [-0.15, -0.1) is 0 Å². The molecule has 0 bridgehead atoms. The molecule has 114 valence electrons. The fourth-order valence-electron chi connectivity index (χ4n) is 2.14. The van der Waals surface area contributed by atoms with Gasteiger partial charge in [0, 0.05) is 0 Å². The van der Waals surface area contributed by atoms with Gasteiger partial charge in [-0.1, -0.05) is 20.3 Å². The van der Waals surface area contributed by atoms with Crippen LogP contribution in [0.25, 0.3) is 0 Å². The normalized spacial score (nSPS) is 21.0. The quantitative estimate of drug-likeness (QED) is 0.503. The zero-order valence-corrected chi connectivity index (χ0v) is 11.9. The van der Waals surface area contributed by atoms with E-state index in [-0.39, 0.29) is 17.9 Å². The topological polar surface area (TPSA) is 108 Å². The molecule has 1 fully saturated rings. The van der Waals surface area contributed by atoms with Crippen LogP contribution in [0.15, 0.2) is 0 Å². The Labute approximate surface area is 118 Å². The standard InChI is InChI=1S/C13H23N3O4/c1-3-8(2)11(13(20)15-7-10(17)18)16-12(19)9-5-4-6-14-9/h8-9,11,14H,3-7H2,1-2H3,(H,15,20)(H,16,19)(H,17,18). The van der Waals surface area contributed by atoms with Gasteiger partial charge >= 0.3 is 5.97 Å². The van der Waals surface area contributed by atoms with Crippen molar-refractivity contribution >= 4 is 17.8 Å². The lowest BCUT2D eigenvalue weighted by Gasteiger charge is -2.24. The van der Waals surface area contributed by atoms with Crippen LogP contribution in [0.4, 0.5) is 0 Å². The third-order valence-electron chi connectivity index (χ3n) is 3.58. The van der Waals surface area contributed by atoms with E-state index in [0.717, 1.165) is 19.4 Å². The molecule has 20 heavy (non-hydrogen) atoms. The van der Waals surface area contributed by atoms with Crippen molar-refractivity contribution in [2.45, 2.75) is 45.2 Å². The van der Waals surface area contributed by atoms with Crippen LogP contribution < -0.4 is 16.0 Å². The average molecular weight is 285 g/mol. The molecule has 0 spiro atoms. The number of carbonyl (C=O) groups is 3. The van der Waals surface area contributed by atoms with Gasteiger partial charge in [0.15, 0.2) is 0 Å². The Kier molecular flexibility index (Phi) is 6.44. The van der Waals surface area contributed by atoms with Crippen molar-refractivity contribution in [3.8, 4) is 0 Å². The van der Waals surface area contributed by atoms with Crippen LogP contribution in [0.2, 0.25) is 0 Å². The Morgan fingerprint density at radius 2 is 2.10 bits per heavy atom. The third-order valence-corrected chi connectivity index (χ3v) is 3.58. The van der Waals surface area contributed by atoms with E-state index in [1.54, 1.807) is 0 Å². The summed E-state index contributed by atoms with van der Waals surface area (Å²) >= 11 is 0. The average Bonchev–Trinajstić information content (AvgIpc) is 2.95. The fourth-order valence-corrected chi connectivity index (χ4v) is 2.14. The lowest BCUT2D eigenvalue weighted by Crippen LogP contribution is -2.54. The second-order valence-electron chi connectivity index (χ2n) is 5.13. The van der Waals surface area contributed by atoms with Crippen molar-refractivity contribution in [3.05, 3.63) is 0 Å². The molecule has 7 nitrogen and oxygen atoms in total. The van der Waals surface area contributed by atoms with Crippen LogP contribution >= 0.6 is 0 Å². The van der Waals surface area contributed by atoms with E-state index in [1.165, 1.54) is 0 Å². The summed E-state index contributed by atoms with van der Waals surface area (Å²) in [7, 11) is 0. The molecule has 0 saturated carbocycles. The van der Waals surface area contributed by atoms with Gasteiger partial charge in [0.1, 0.15) is 12.6 Å². The van der Waals surface area contributed by atoms with Crippen molar-refractivity contribution < 1.29 is 19.5 Å². The molecule has 1 rings (SSSR count). The Hall–Kier alpha value is -1.63. The SMILES string of the molecule is CCC(C)C(NC(=O)C1CCCN1)C(=O)NCC(=O)O. The molecule has 4 N–H and O–H groups in total. The minimum atomic E-state index is -1.11. The summed E-state index contributed by atoms with van der Waals surface area (Å²) in [4.78, 5) is 34.5. The molecule has 0 radical (unpaired) electrons. The first-order valence-corrected chi connectivity index (χ1v) is 6.99. The van der Waals surface area contributed by atoms with E-state index < -0.39 is 24.5 Å². The molecule has 0 aliphatic carbocycles. The molecule has 1 aliphatic rings. The largest absolute Gasteiger partial charge is 0.480 e. The summed E-state index contributed by atoms with van der Waals surface area (Å²) in [6, 6.07) is -0.955. The Morgan fingerprint density at radius 3 is 2.60 bits per heavy atom. The summed E-state index contributed by atoms with van der Waals surface area (Å²) < 4.78 is 0. The van der Waals surface area contributed by atoms with Gasteiger partial charge < -0.3 is 21.1 Å². The van der Waals surface area contributed by atoms with Gasteiger partial charge in [-0.3, -0.25) is 14.4 Å². The fraction of sp³-hybridized carbons (Fsp3) is 0.769. The van der Waals surface area contributed by atoms with E-state index in [4.69, 9.17) is 5.11 Å². The highest BCUT2D eigenvalue weighted by atomic mass is 16.4. The molecule has 2 amide bonds.